The first kappa shape index (κ1) is 18.6. The molecular formula is C25H30O. The number of carbonyl (C=O) groups is 1. The predicted molar refractivity (Wildman–Crippen MR) is 110 cm³/mol. The van der Waals surface area contributed by atoms with Crippen LogP contribution in [0.1, 0.15) is 63.5 Å². The summed E-state index contributed by atoms with van der Waals surface area (Å²) >= 11 is 0. The van der Waals surface area contributed by atoms with E-state index < -0.39 is 0 Å². The van der Waals surface area contributed by atoms with Crippen LogP contribution in [0.5, 0.6) is 0 Å². The van der Waals surface area contributed by atoms with Crippen molar-refractivity contribution in [1.29, 1.82) is 0 Å². The Hall–Kier alpha value is -2.15. The lowest BCUT2D eigenvalue weighted by Gasteiger charge is -2.18. The van der Waals surface area contributed by atoms with Crippen molar-refractivity contribution in [1.82, 2.24) is 0 Å². The Balaban J connectivity index is 1.52. The third-order valence-electron chi connectivity index (χ3n) is 5.55. The monoisotopic (exact) mass is 346 g/mol. The molecule has 1 unspecified atom stereocenters. The maximum Gasteiger partial charge on any atom is 0.137 e. The molecule has 0 radical (unpaired) electrons. The first-order valence-electron chi connectivity index (χ1n) is 9.96. The Bertz CT molecular complexity index is 769. The van der Waals surface area contributed by atoms with Gasteiger partial charge in [0.2, 0.25) is 0 Å². The predicted octanol–water partition coefficient (Wildman–Crippen LogP) is 6.48. The number of Topliss-reactive ketones (excluding diaryl/α,β-unsaturated/α-hetero) is 1. The molecule has 1 aromatic carbocycles. The molecule has 0 saturated heterocycles. The molecule has 1 heteroatoms. The number of benzene rings is 1. The Labute approximate surface area is 158 Å². The Kier molecular flexibility index (Phi) is 6.08. The van der Waals surface area contributed by atoms with E-state index in [4.69, 9.17) is 0 Å². The second-order valence-electron chi connectivity index (χ2n) is 7.73. The molecule has 1 atom stereocenters. The van der Waals surface area contributed by atoms with Gasteiger partial charge in [-0.2, -0.15) is 0 Å². The zero-order valence-electron chi connectivity index (χ0n) is 16.3. The van der Waals surface area contributed by atoms with Crippen LogP contribution in [0, 0.1) is 5.92 Å². The molecule has 3 rings (SSSR count). The molecule has 26 heavy (non-hydrogen) atoms. The molecule has 0 N–H and O–H groups in total. The van der Waals surface area contributed by atoms with Crippen LogP contribution in [0.4, 0.5) is 0 Å². The first-order chi connectivity index (χ1) is 12.6. The maximum absolute atomic E-state index is 12.5. The van der Waals surface area contributed by atoms with Crippen LogP contribution in [0.15, 0.2) is 71.4 Å². The van der Waals surface area contributed by atoms with Crippen LogP contribution < -0.4 is 0 Å². The average Bonchev–Trinajstić information content (AvgIpc) is 3.29. The number of ketones is 1. The highest BCUT2D eigenvalue weighted by molar-refractivity contribution is 5.81. The summed E-state index contributed by atoms with van der Waals surface area (Å²) in [4.78, 5) is 12.5. The van der Waals surface area contributed by atoms with Crippen LogP contribution in [-0.2, 0) is 11.2 Å². The van der Waals surface area contributed by atoms with Crippen molar-refractivity contribution in [2.45, 2.75) is 58.8 Å². The number of rotatable bonds is 8. The molecule has 136 valence electrons. The lowest BCUT2D eigenvalue weighted by atomic mass is 9.86. The van der Waals surface area contributed by atoms with Crippen LogP contribution >= 0.6 is 0 Å². The van der Waals surface area contributed by atoms with Crippen molar-refractivity contribution < 1.29 is 4.79 Å². The van der Waals surface area contributed by atoms with Gasteiger partial charge in [-0.25, -0.2) is 0 Å². The standard InChI is InChI=1S/C25H30O/c1-4-24-22(14-16-25(24)21-7-5-6-8-21)13-15-23(26)17-19-9-11-20(12-10-19)18(2)3/h5,7-12,14,16,18,24H,4,6,13,15,17H2,1-3H3. The van der Waals surface area contributed by atoms with Gasteiger partial charge in [-0.15, -0.1) is 0 Å². The van der Waals surface area contributed by atoms with Crippen LogP contribution in [0.25, 0.3) is 0 Å². The number of hydrogen-bond donors (Lipinski definition) is 0. The highest BCUT2D eigenvalue weighted by Gasteiger charge is 2.24. The Morgan fingerprint density at radius 3 is 2.54 bits per heavy atom. The number of allylic oxidation sites excluding steroid dienone is 8. The summed E-state index contributed by atoms with van der Waals surface area (Å²) in [5, 5.41) is 0. The Morgan fingerprint density at radius 1 is 1.15 bits per heavy atom. The minimum Gasteiger partial charge on any atom is -0.299 e. The Morgan fingerprint density at radius 2 is 1.92 bits per heavy atom. The molecule has 1 nitrogen and oxygen atoms in total. The van der Waals surface area contributed by atoms with Crippen molar-refractivity contribution in [2.75, 3.05) is 0 Å². The SMILES string of the molecule is CCC1C(CCC(=O)Cc2ccc(C(C)C)cc2)=CC=C1C1=CCC=C1. The third kappa shape index (κ3) is 4.33. The van der Waals surface area contributed by atoms with Gasteiger partial charge < -0.3 is 0 Å². The molecule has 2 aliphatic rings. The maximum atomic E-state index is 12.5. The van der Waals surface area contributed by atoms with Gasteiger partial charge in [-0.05, 0) is 47.5 Å². The van der Waals surface area contributed by atoms with Crippen LogP contribution in [0.2, 0.25) is 0 Å². The smallest absolute Gasteiger partial charge is 0.137 e. The van der Waals surface area contributed by atoms with Gasteiger partial charge >= 0.3 is 0 Å². The summed E-state index contributed by atoms with van der Waals surface area (Å²) in [5.74, 6) is 1.36. The second-order valence-corrected chi connectivity index (χ2v) is 7.73. The fraction of sp³-hybridized carbons (Fsp3) is 0.400. The van der Waals surface area contributed by atoms with Gasteiger partial charge in [0.15, 0.2) is 0 Å². The van der Waals surface area contributed by atoms with Crippen molar-refractivity contribution in [2.24, 2.45) is 5.92 Å². The van der Waals surface area contributed by atoms with E-state index in [1.807, 2.05) is 0 Å². The molecule has 0 aliphatic heterocycles. The minimum atomic E-state index is 0.339. The zero-order chi connectivity index (χ0) is 18.5. The van der Waals surface area contributed by atoms with Crippen molar-refractivity contribution in [3.63, 3.8) is 0 Å². The van der Waals surface area contributed by atoms with E-state index in [1.54, 1.807) is 0 Å². The van der Waals surface area contributed by atoms with E-state index in [1.165, 1.54) is 22.3 Å². The summed E-state index contributed by atoms with van der Waals surface area (Å²) in [7, 11) is 0. The summed E-state index contributed by atoms with van der Waals surface area (Å²) in [5.41, 5.74) is 6.70. The van der Waals surface area contributed by atoms with E-state index in [-0.39, 0.29) is 0 Å². The van der Waals surface area contributed by atoms with E-state index in [0.717, 1.165) is 24.8 Å². The lowest BCUT2D eigenvalue weighted by molar-refractivity contribution is -0.118. The molecule has 0 saturated carbocycles. The van der Waals surface area contributed by atoms with Gasteiger partial charge in [0, 0.05) is 18.8 Å². The topological polar surface area (TPSA) is 17.1 Å². The molecule has 1 aromatic rings. The molecule has 0 heterocycles. The summed E-state index contributed by atoms with van der Waals surface area (Å²) in [6.07, 6.45) is 15.5. The van der Waals surface area contributed by atoms with Crippen molar-refractivity contribution in [3.05, 3.63) is 82.5 Å². The molecule has 0 fully saturated rings. The average molecular weight is 347 g/mol. The molecule has 0 aromatic heterocycles. The molecule has 0 amide bonds. The number of carbonyl (C=O) groups excluding carboxylic acids is 1. The van der Waals surface area contributed by atoms with Gasteiger partial charge in [0.05, 0.1) is 0 Å². The number of hydrogen-bond acceptors (Lipinski definition) is 1. The molecule has 0 spiro atoms. The van der Waals surface area contributed by atoms with Gasteiger partial charge in [-0.3, -0.25) is 4.79 Å². The van der Waals surface area contributed by atoms with Crippen molar-refractivity contribution >= 4 is 5.78 Å². The normalized spacial score (nSPS) is 18.9. The quantitative estimate of drug-likeness (QED) is 0.526. The van der Waals surface area contributed by atoms with Crippen LogP contribution in [-0.4, -0.2) is 5.78 Å². The molecule has 2 aliphatic carbocycles. The van der Waals surface area contributed by atoms with E-state index in [2.05, 4.69) is 75.4 Å². The zero-order valence-corrected chi connectivity index (χ0v) is 16.3. The second kappa shape index (κ2) is 8.49. The van der Waals surface area contributed by atoms with E-state index in [0.29, 0.717) is 30.5 Å². The molecular weight excluding hydrogens is 316 g/mol. The highest BCUT2D eigenvalue weighted by Crippen LogP contribution is 2.38. The molecule has 0 bridgehead atoms. The summed E-state index contributed by atoms with van der Waals surface area (Å²) in [6, 6.07) is 8.52. The largest absolute Gasteiger partial charge is 0.299 e. The summed E-state index contributed by atoms with van der Waals surface area (Å²) < 4.78 is 0. The fourth-order valence-corrected chi connectivity index (χ4v) is 3.96. The lowest BCUT2D eigenvalue weighted by Crippen LogP contribution is -2.08. The highest BCUT2D eigenvalue weighted by atomic mass is 16.1. The van der Waals surface area contributed by atoms with Crippen molar-refractivity contribution in [3.8, 4) is 0 Å². The minimum absolute atomic E-state index is 0.339. The van der Waals surface area contributed by atoms with Gasteiger partial charge in [0.25, 0.3) is 0 Å². The third-order valence-corrected chi connectivity index (χ3v) is 5.55. The van der Waals surface area contributed by atoms with Crippen LogP contribution in [0.3, 0.4) is 0 Å². The van der Waals surface area contributed by atoms with Gasteiger partial charge in [0.1, 0.15) is 5.78 Å². The van der Waals surface area contributed by atoms with Gasteiger partial charge in [-0.1, -0.05) is 81.0 Å². The summed E-state index contributed by atoms with van der Waals surface area (Å²) in [6.45, 7) is 6.63. The fourth-order valence-electron chi connectivity index (χ4n) is 3.96. The van der Waals surface area contributed by atoms with E-state index >= 15 is 0 Å². The first-order valence-corrected chi connectivity index (χ1v) is 9.96. The van der Waals surface area contributed by atoms with E-state index in [9.17, 15) is 4.79 Å².